The number of carbonyl (C=O) groups excluding carboxylic acids is 2. The number of fused-ring (bicyclic) bond motifs is 2. The van der Waals surface area contributed by atoms with Crippen molar-refractivity contribution in [3.05, 3.63) is 52.8 Å². The van der Waals surface area contributed by atoms with Gasteiger partial charge >= 0.3 is 0 Å². The van der Waals surface area contributed by atoms with Crippen molar-refractivity contribution in [2.45, 2.75) is 25.8 Å². The summed E-state index contributed by atoms with van der Waals surface area (Å²) in [6.07, 6.45) is 7.00. The van der Waals surface area contributed by atoms with Gasteiger partial charge in [0.2, 0.25) is 5.91 Å². The monoisotopic (exact) mass is 402 g/mol. The molecule has 4 heterocycles. The molecule has 154 valence electrons. The van der Waals surface area contributed by atoms with Gasteiger partial charge in [-0.25, -0.2) is 0 Å². The van der Waals surface area contributed by atoms with E-state index in [-0.39, 0.29) is 17.7 Å². The van der Waals surface area contributed by atoms with Crippen molar-refractivity contribution in [1.82, 2.24) is 15.2 Å². The smallest absolute Gasteiger partial charge is 0.256 e. The maximum absolute atomic E-state index is 12.6. The zero-order valence-electron chi connectivity index (χ0n) is 16.9. The minimum Gasteiger partial charge on any atom is -0.361 e. The third-order valence-corrected chi connectivity index (χ3v) is 7.04. The molecule has 3 aliphatic heterocycles. The van der Waals surface area contributed by atoms with Crippen LogP contribution in [0.5, 0.6) is 0 Å². The largest absolute Gasteiger partial charge is 0.361 e. The summed E-state index contributed by atoms with van der Waals surface area (Å²) in [4.78, 5) is 30.4. The Morgan fingerprint density at radius 1 is 1.10 bits per heavy atom. The molecule has 0 bridgehead atoms. The topological polar surface area (TPSA) is 77.2 Å². The maximum atomic E-state index is 12.6. The Kier molecular flexibility index (Phi) is 4.09. The van der Waals surface area contributed by atoms with Crippen LogP contribution in [0.1, 0.15) is 35.2 Å². The second-order valence-electron chi connectivity index (χ2n) is 9.29. The molecule has 30 heavy (non-hydrogen) atoms. The van der Waals surface area contributed by atoms with E-state index in [1.807, 2.05) is 18.2 Å². The van der Waals surface area contributed by atoms with E-state index < -0.39 is 0 Å². The summed E-state index contributed by atoms with van der Waals surface area (Å²) >= 11 is 0. The minimum atomic E-state index is -0.0726. The quantitative estimate of drug-likeness (QED) is 0.673. The Hall–Kier alpha value is -2.86. The predicted molar refractivity (Wildman–Crippen MR) is 115 cm³/mol. The highest BCUT2D eigenvalue weighted by Crippen LogP contribution is 2.45. The molecular formula is C24H26N4O2. The second-order valence-corrected chi connectivity index (χ2v) is 9.29. The highest BCUT2D eigenvalue weighted by atomic mass is 16.2. The summed E-state index contributed by atoms with van der Waals surface area (Å²) in [5.41, 5.74) is 5.76. The van der Waals surface area contributed by atoms with Gasteiger partial charge in [0.1, 0.15) is 0 Å². The van der Waals surface area contributed by atoms with Crippen LogP contribution in [0.3, 0.4) is 0 Å². The van der Waals surface area contributed by atoms with Gasteiger partial charge in [-0.1, -0.05) is 6.07 Å². The van der Waals surface area contributed by atoms with Gasteiger partial charge in [-0.05, 0) is 66.5 Å². The summed E-state index contributed by atoms with van der Waals surface area (Å²) in [6.45, 7) is 4.18. The number of carbonyl (C=O) groups is 2. The van der Waals surface area contributed by atoms with Crippen molar-refractivity contribution in [3.8, 4) is 0 Å². The molecule has 6 rings (SSSR count). The molecule has 2 saturated heterocycles. The molecule has 0 spiro atoms. The molecule has 1 unspecified atom stereocenters. The van der Waals surface area contributed by atoms with Crippen molar-refractivity contribution < 1.29 is 9.59 Å². The number of aromatic amines is 1. The van der Waals surface area contributed by atoms with Crippen molar-refractivity contribution in [3.63, 3.8) is 0 Å². The number of aromatic nitrogens is 1. The summed E-state index contributed by atoms with van der Waals surface area (Å²) in [7, 11) is 0. The third-order valence-electron chi connectivity index (χ3n) is 7.04. The van der Waals surface area contributed by atoms with E-state index in [1.54, 1.807) is 0 Å². The highest BCUT2D eigenvalue weighted by Gasteiger charge is 2.44. The number of H-pyrrole nitrogens is 1. The van der Waals surface area contributed by atoms with Gasteiger partial charge in [0.15, 0.2) is 0 Å². The first-order chi connectivity index (χ1) is 14.6. The lowest BCUT2D eigenvalue weighted by Crippen LogP contribution is -2.21. The number of anilines is 1. The molecule has 3 fully saturated rings. The highest BCUT2D eigenvalue weighted by molar-refractivity contribution is 6.34. The Bertz CT molecular complexity index is 1060. The first-order valence-electron chi connectivity index (χ1n) is 11.0. The Morgan fingerprint density at radius 2 is 1.97 bits per heavy atom. The number of hydrogen-bond donors (Lipinski definition) is 3. The number of likely N-dealkylation sites (tertiary alicyclic amines) is 1. The maximum Gasteiger partial charge on any atom is 0.256 e. The van der Waals surface area contributed by atoms with E-state index in [0.29, 0.717) is 12.0 Å². The molecule has 4 aliphatic rings. The number of nitrogens with zero attached hydrogens (tertiary/aromatic N) is 1. The SMILES string of the molecule is O=C1Nc2ccc(CC3CCNC3=O)cc2C1=Cc1cc(CN2C[C@H]3C[C@H]3C2)c[nH]1. The van der Waals surface area contributed by atoms with E-state index in [9.17, 15) is 9.59 Å². The minimum absolute atomic E-state index is 0.0307. The normalized spacial score (nSPS) is 28.5. The Morgan fingerprint density at radius 3 is 2.77 bits per heavy atom. The van der Waals surface area contributed by atoms with Gasteiger partial charge in [-0.3, -0.25) is 14.5 Å². The van der Waals surface area contributed by atoms with Crippen LogP contribution in [0.15, 0.2) is 30.5 Å². The Balaban J connectivity index is 1.21. The van der Waals surface area contributed by atoms with E-state index in [1.165, 1.54) is 25.1 Å². The van der Waals surface area contributed by atoms with Crippen molar-refractivity contribution in [2.24, 2.45) is 17.8 Å². The van der Waals surface area contributed by atoms with Gasteiger partial charge in [0.25, 0.3) is 5.91 Å². The summed E-state index contributed by atoms with van der Waals surface area (Å²) in [5.74, 6) is 1.97. The number of benzene rings is 1. The first-order valence-corrected chi connectivity index (χ1v) is 11.0. The van der Waals surface area contributed by atoms with Gasteiger partial charge in [-0.15, -0.1) is 0 Å². The van der Waals surface area contributed by atoms with Crippen molar-refractivity contribution in [1.29, 1.82) is 0 Å². The predicted octanol–water partition coefficient (Wildman–Crippen LogP) is 2.64. The number of nitrogens with one attached hydrogen (secondary N) is 3. The van der Waals surface area contributed by atoms with Crippen LogP contribution in [-0.4, -0.2) is 41.3 Å². The molecule has 3 N–H and O–H groups in total. The molecule has 1 aliphatic carbocycles. The standard InChI is InChI=1S/C24H26N4O2/c29-23-16(3-4-25-23)5-14-1-2-22-20(7-14)21(24(30)27-22)9-19-6-15(10-26-19)11-28-12-17-8-18(17)13-28/h1-2,6-7,9-10,16-18,26H,3-5,8,11-13H2,(H,25,29)(H,27,30)/t16?,17-,18+. The fourth-order valence-electron chi connectivity index (χ4n) is 5.30. The number of rotatable bonds is 5. The van der Waals surface area contributed by atoms with Crippen molar-refractivity contribution in [2.75, 3.05) is 25.0 Å². The van der Waals surface area contributed by atoms with Crippen LogP contribution in [-0.2, 0) is 22.6 Å². The van der Waals surface area contributed by atoms with Crippen LogP contribution in [0, 0.1) is 17.8 Å². The molecule has 1 saturated carbocycles. The zero-order chi connectivity index (χ0) is 20.2. The van der Waals surface area contributed by atoms with Gasteiger partial charge in [0, 0.05) is 55.2 Å². The van der Waals surface area contributed by atoms with Crippen LogP contribution >= 0.6 is 0 Å². The van der Waals surface area contributed by atoms with E-state index in [0.717, 1.165) is 53.9 Å². The molecule has 2 amide bonds. The average molecular weight is 402 g/mol. The van der Waals surface area contributed by atoms with Crippen LogP contribution < -0.4 is 10.6 Å². The molecule has 6 heteroatoms. The van der Waals surface area contributed by atoms with Crippen LogP contribution in [0.2, 0.25) is 0 Å². The van der Waals surface area contributed by atoms with E-state index in [2.05, 4.69) is 38.8 Å². The van der Waals surface area contributed by atoms with Gasteiger partial charge in [-0.2, -0.15) is 0 Å². The molecular weight excluding hydrogens is 376 g/mol. The number of hydrogen-bond acceptors (Lipinski definition) is 3. The van der Waals surface area contributed by atoms with Gasteiger partial charge in [0.05, 0.1) is 5.57 Å². The fraction of sp³-hybridized carbons (Fsp3) is 0.417. The van der Waals surface area contributed by atoms with Crippen LogP contribution in [0.4, 0.5) is 5.69 Å². The molecule has 2 aromatic rings. The van der Waals surface area contributed by atoms with Crippen LogP contribution in [0.25, 0.3) is 11.6 Å². The molecule has 6 nitrogen and oxygen atoms in total. The lowest BCUT2D eigenvalue weighted by molar-refractivity contribution is -0.122. The Labute approximate surface area is 175 Å². The molecule has 1 aromatic heterocycles. The fourth-order valence-corrected chi connectivity index (χ4v) is 5.30. The average Bonchev–Trinajstić information content (AvgIpc) is 3.13. The summed E-state index contributed by atoms with van der Waals surface area (Å²) < 4.78 is 0. The second kappa shape index (κ2) is 6.84. The zero-order valence-corrected chi connectivity index (χ0v) is 16.9. The van der Waals surface area contributed by atoms with Crippen molar-refractivity contribution >= 4 is 29.2 Å². The van der Waals surface area contributed by atoms with E-state index in [4.69, 9.17) is 0 Å². The lowest BCUT2D eigenvalue weighted by atomic mass is 9.95. The third kappa shape index (κ3) is 3.25. The van der Waals surface area contributed by atoms with Gasteiger partial charge < -0.3 is 15.6 Å². The lowest BCUT2D eigenvalue weighted by Gasteiger charge is -2.15. The molecule has 3 atom stereocenters. The number of piperidine rings is 1. The molecule has 1 aromatic carbocycles. The molecule has 0 radical (unpaired) electrons. The summed E-state index contributed by atoms with van der Waals surface area (Å²) in [6, 6.07) is 8.18. The summed E-state index contributed by atoms with van der Waals surface area (Å²) in [5, 5.41) is 5.86. The van der Waals surface area contributed by atoms with E-state index >= 15 is 0 Å². The first kappa shape index (κ1) is 18.0. The number of amides is 2.